The topological polar surface area (TPSA) is 84.0 Å². The van der Waals surface area contributed by atoms with Gasteiger partial charge in [0.25, 0.3) is 5.91 Å². The zero-order valence-electron chi connectivity index (χ0n) is 20.8. The van der Waals surface area contributed by atoms with Crippen molar-refractivity contribution in [1.82, 2.24) is 14.8 Å². The first kappa shape index (κ1) is 25.6. The quantitative estimate of drug-likeness (QED) is 0.724. The largest absolute Gasteiger partial charge is 0.491 e. The van der Waals surface area contributed by atoms with Gasteiger partial charge in [0.15, 0.2) is 0 Å². The number of nitrogens with zero attached hydrogens (tertiary/aromatic N) is 3. The molecule has 1 N–H and O–H groups in total. The van der Waals surface area contributed by atoms with Crippen molar-refractivity contribution in [1.29, 1.82) is 0 Å². The summed E-state index contributed by atoms with van der Waals surface area (Å²) in [6.45, 7) is 8.44. The summed E-state index contributed by atoms with van der Waals surface area (Å²) in [5.41, 5.74) is 2.13. The Labute approximate surface area is 202 Å². The fourth-order valence-corrected chi connectivity index (χ4v) is 4.13. The van der Waals surface area contributed by atoms with Crippen LogP contribution < -0.4 is 10.1 Å². The number of hydrogen-bond donors (Lipinski definition) is 1. The van der Waals surface area contributed by atoms with Crippen molar-refractivity contribution in [2.75, 3.05) is 39.2 Å². The molecule has 3 rings (SSSR count). The zero-order chi connectivity index (χ0) is 24.7. The Morgan fingerprint density at radius 3 is 2.74 bits per heavy atom. The molecule has 0 bridgehead atoms. The molecule has 0 saturated carbocycles. The molecule has 0 fully saturated rings. The van der Waals surface area contributed by atoms with E-state index in [1.54, 1.807) is 50.4 Å². The van der Waals surface area contributed by atoms with Gasteiger partial charge in [0.1, 0.15) is 12.4 Å². The second-order valence-electron chi connectivity index (χ2n) is 9.00. The minimum atomic E-state index is -0.169. The Morgan fingerprint density at radius 1 is 1.26 bits per heavy atom. The van der Waals surface area contributed by atoms with E-state index in [9.17, 15) is 9.59 Å². The highest BCUT2D eigenvalue weighted by Gasteiger charge is 2.28. The zero-order valence-corrected chi connectivity index (χ0v) is 20.8. The number of methoxy groups -OCH3 is 1. The monoisotopic (exact) mass is 468 g/mol. The third-order valence-corrected chi connectivity index (χ3v) is 6.29. The molecular formula is C26H36N4O4. The third-order valence-electron chi connectivity index (χ3n) is 6.29. The van der Waals surface area contributed by atoms with Crippen molar-refractivity contribution in [3.8, 4) is 5.75 Å². The van der Waals surface area contributed by atoms with Gasteiger partial charge in [-0.05, 0) is 42.7 Å². The molecule has 3 atom stereocenters. The van der Waals surface area contributed by atoms with Gasteiger partial charge in [-0.1, -0.05) is 19.9 Å². The average molecular weight is 469 g/mol. The molecule has 8 nitrogen and oxygen atoms in total. The number of anilines is 1. The van der Waals surface area contributed by atoms with Gasteiger partial charge in [0, 0.05) is 64.3 Å². The number of amides is 2. The summed E-state index contributed by atoms with van der Waals surface area (Å²) in [5, 5.41) is 2.83. The first-order valence-electron chi connectivity index (χ1n) is 11.8. The second kappa shape index (κ2) is 11.9. The molecule has 2 amide bonds. The average Bonchev–Trinajstić information content (AvgIpc) is 2.85. The Balaban J connectivity index is 1.93. The van der Waals surface area contributed by atoms with E-state index in [1.807, 2.05) is 12.3 Å². The highest BCUT2D eigenvalue weighted by molar-refractivity contribution is 5.99. The van der Waals surface area contributed by atoms with Gasteiger partial charge in [-0.2, -0.15) is 0 Å². The van der Waals surface area contributed by atoms with Crippen LogP contribution in [0.3, 0.4) is 0 Å². The number of carbonyl (C=O) groups excluding carboxylic acids is 2. The Kier molecular flexibility index (Phi) is 9.01. The Morgan fingerprint density at radius 2 is 2.06 bits per heavy atom. The predicted molar refractivity (Wildman–Crippen MR) is 132 cm³/mol. The van der Waals surface area contributed by atoms with E-state index in [2.05, 4.69) is 35.1 Å². The fourth-order valence-electron chi connectivity index (χ4n) is 4.13. The molecule has 2 heterocycles. The molecule has 0 spiro atoms. The molecule has 0 unspecified atom stereocenters. The number of rotatable bonds is 5. The van der Waals surface area contributed by atoms with E-state index < -0.39 is 0 Å². The van der Waals surface area contributed by atoms with Crippen molar-refractivity contribution in [2.24, 2.45) is 5.92 Å². The molecule has 1 aromatic heterocycles. The Hall–Kier alpha value is -2.97. The van der Waals surface area contributed by atoms with E-state index in [0.717, 1.165) is 18.7 Å². The van der Waals surface area contributed by atoms with Gasteiger partial charge < -0.3 is 19.7 Å². The Bertz CT molecular complexity index is 969. The van der Waals surface area contributed by atoms with Gasteiger partial charge in [-0.15, -0.1) is 0 Å². The normalized spacial score (nSPS) is 22.2. The molecule has 2 aromatic rings. The lowest BCUT2D eigenvalue weighted by Crippen LogP contribution is -2.46. The van der Waals surface area contributed by atoms with Crippen LogP contribution in [-0.2, 0) is 16.1 Å². The van der Waals surface area contributed by atoms with Crippen molar-refractivity contribution >= 4 is 17.5 Å². The number of hydrogen-bond acceptors (Lipinski definition) is 6. The standard InChI is InChI=1S/C26H36N4O4/c1-6-25(31)28-21-9-10-23-22(12-21)26(32)29(4)16-24(33-5)18(2)14-30(19(3)17-34-23)15-20-8-7-11-27-13-20/h7-13,18-19,24H,6,14-17H2,1-5H3,(H,28,31)/t18-,19+,24+/m0/s1. The maximum absolute atomic E-state index is 13.4. The molecule has 0 aliphatic carbocycles. The summed E-state index contributed by atoms with van der Waals surface area (Å²) >= 11 is 0. The maximum Gasteiger partial charge on any atom is 0.257 e. The number of benzene rings is 1. The number of aromatic nitrogens is 1. The van der Waals surface area contributed by atoms with Crippen molar-refractivity contribution < 1.29 is 19.1 Å². The number of pyridine rings is 1. The molecule has 184 valence electrons. The summed E-state index contributed by atoms with van der Waals surface area (Å²) in [4.78, 5) is 33.5. The number of likely N-dealkylation sites (N-methyl/N-ethyl adjacent to an activating group) is 1. The van der Waals surface area contributed by atoms with Crippen LogP contribution in [-0.4, -0.2) is 72.6 Å². The molecule has 0 saturated heterocycles. The van der Waals surface area contributed by atoms with E-state index >= 15 is 0 Å². The number of nitrogens with one attached hydrogen (secondary N) is 1. The number of ether oxygens (including phenoxy) is 2. The van der Waals surface area contributed by atoms with Crippen molar-refractivity contribution in [2.45, 2.75) is 45.9 Å². The van der Waals surface area contributed by atoms with Crippen molar-refractivity contribution in [3.63, 3.8) is 0 Å². The molecular weight excluding hydrogens is 432 g/mol. The lowest BCUT2D eigenvalue weighted by Gasteiger charge is -2.36. The van der Waals surface area contributed by atoms with Gasteiger partial charge in [0.2, 0.25) is 5.91 Å². The van der Waals surface area contributed by atoms with Crippen LogP contribution >= 0.6 is 0 Å². The minimum Gasteiger partial charge on any atom is -0.491 e. The van der Waals surface area contributed by atoms with Gasteiger partial charge in [-0.3, -0.25) is 19.5 Å². The van der Waals surface area contributed by atoms with E-state index in [1.165, 1.54) is 0 Å². The number of carbonyl (C=O) groups is 2. The van der Waals surface area contributed by atoms with E-state index in [-0.39, 0.29) is 29.9 Å². The van der Waals surface area contributed by atoms with Gasteiger partial charge >= 0.3 is 0 Å². The van der Waals surface area contributed by atoms with Crippen LogP contribution in [0.4, 0.5) is 5.69 Å². The van der Waals surface area contributed by atoms with Gasteiger partial charge in [-0.25, -0.2) is 0 Å². The first-order valence-corrected chi connectivity index (χ1v) is 11.8. The highest BCUT2D eigenvalue weighted by Crippen LogP contribution is 2.27. The SMILES string of the molecule is CCC(=O)Nc1ccc2c(c1)C(=O)N(C)C[C@@H](OC)[C@@H](C)CN(Cc1cccnc1)[C@H](C)CO2. The van der Waals surface area contributed by atoms with Gasteiger partial charge in [0.05, 0.1) is 11.7 Å². The first-order chi connectivity index (χ1) is 16.3. The lowest BCUT2D eigenvalue weighted by atomic mass is 10.0. The summed E-state index contributed by atoms with van der Waals surface area (Å²) in [7, 11) is 3.46. The van der Waals surface area contributed by atoms with Crippen LogP contribution in [0, 0.1) is 5.92 Å². The van der Waals surface area contributed by atoms with Crippen LogP contribution in [0.25, 0.3) is 0 Å². The summed E-state index contributed by atoms with van der Waals surface area (Å²) in [6, 6.07) is 9.32. The molecule has 1 aromatic carbocycles. The number of fused-ring (bicyclic) bond motifs is 1. The molecule has 1 aliphatic rings. The predicted octanol–water partition coefficient (Wildman–Crippen LogP) is 3.44. The summed E-state index contributed by atoms with van der Waals surface area (Å²) in [5.74, 6) is 0.399. The van der Waals surface area contributed by atoms with Crippen molar-refractivity contribution in [3.05, 3.63) is 53.9 Å². The summed E-state index contributed by atoms with van der Waals surface area (Å²) in [6.07, 6.45) is 3.89. The van der Waals surface area contributed by atoms with E-state index in [0.29, 0.717) is 36.6 Å². The van der Waals surface area contributed by atoms with Crippen LogP contribution in [0.2, 0.25) is 0 Å². The molecule has 0 radical (unpaired) electrons. The van der Waals surface area contributed by atoms with Crippen LogP contribution in [0.15, 0.2) is 42.7 Å². The third kappa shape index (κ3) is 6.55. The van der Waals surface area contributed by atoms with Crippen LogP contribution in [0.5, 0.6) is 5.75 Å². The molecule has 1 aliphatic heterocycles. The highest BCUT2D eigenvalue weighted by atomic mass is 16.5. The fraction of sp³-hybridized carbons (Fsp3) is 0.500. The smallest absolute Gasteiger partial charge is 0.257 e. The lowest BCUT2D eigenvalue weighted by molar-refractivity contribution is -0.115. The maximum atomic E-state index is 13.4. The van der Waals surface area contributed by atoms with E-state index in [4.69, 9.17) is 9.47 Å². The summed E-state index contributed by atoms with van der Waals surface area (Å²) < 4.78 is 12.0. The minimum absolute atomic E-state index is 0.0831. The molecule has 8 heteroatoms. The van der Waals surface area contributed by atoms with Crippen LogP contribution in [0.1, 0.15) is 43.1 Å². The molecule has 34 heavy (non-hydrogen) atoms. The second-order valence-corrected chi connectivity index (χ2v) is 9.00.